The number of amides is 3. The van der Waals surface area contributed by atoms with Crippen LogP contribution < -0.4 is 10.1 Å². The molecule has 35 heavy (non-hydrogen) atoms. The largest absolute Gasteiger partial charge is 0.491 e. The van der Waals surface area contributed by atoms with E-state index < -0.39 is 0 Å². The molecule has 0 saturated carbocycles. The zero-order valence-corrected chi connectivity index (χ0v) is 21.4. The zero-order chi connectivity index (χ0) is 24.8. The average Bonchev–Trinajstić information content (AvgIpc) is 3.36. The van der Waals surface area contributed by atoms with Crippen molar-refractivity contribution in [1.82, 2.24) is 9.80 Å². The summed E-state index contributed by atoms with van der Waals surface area (Å²) in [6, 6.07) is 18.9. The van der Waals surface area contributed by atoms with Crippen molar-refractivity contribution in [3.63, 3.8) is 0 Å². The van der Waals surface area contributed by atoms with Crippen LogP contribution in [0, 0.1) is 6.92 Å². The highest BCUT2D eigenvalue weighted by molar-refractivity contribution is 7.10. The lowest BCUT2D eigenvalue weighted by atomic mass is 10.00. The van der Waals surface area contributed by atoms with Crippen LogP contribution in [0.2, 0.25) is 0 Å². The van der Waals surface area contributed by atoms with E-state index in [0.717, 1.165) is 35.4 Å². The molecule has 0 bridgehead atoms. The molecule has 2 aromatic carbocycles. The Balaban J connectivity index is 1.50. The molecule has 1 aliphatic heterocycles. The normalized spacial score (nSPS) is 15.7. The molecular formula is C28H33N3O3S. The van der Waals surface area contributed by atoms with Gasteiger partial charge in [-0.3, -0.25) is 4.79 Å². The number of anilines is 1. The maximum absolute atomic E-state index is 13.6. The van der Waals surface area contributed by atoms with Gasteiger partial charge in [-0.05, 0) is 68.0 Å². The summed E-state index contributed by atoms with van der Waals surface area (Å²) < 4.78 is 6.08. The number of carbonyl (C=O) groups is 2. The lowest BCUT2D eigenvalue weighted by Gasteiger charge is -2.38. The van der Waals surface area contributed by atoms with Crippen LogP contribution in [0.5, 0.6) is 5.75 Å². The molecule has 184 valence electrons. The molecule has 4 rings (SSSR count). The van der Waals surface area contributed by atoms with Crippen molar-refractivity contribution < 1.29 is 14.3 Å². The second-order valence-electron chi connectivity index (χ2n) is 8.96. The maximum atomic E-state index is 13.6. The summed E-state index contributed by atoms with van der Waals surface area (Å²) in [6.07, 6.45) is 1.57. The minimum absolute atomic E-state index is 0.0218. The number of aryl methyl sites for hydroxylation is 1. The predicted octanol–water partition coefficient (Wildman–Crippen LogP) is 5.89. The van der Waals surface area contributed by atoms with Crippen molar-refractivity contribution >= 4 is 29.0 Å². The summed E-state index contributed by atoms with van der Waals surface area (Å²) in [6.45, 7) is 7.02. The Kier molecular flexibility index (Phi) is 8.08. The summed E-state index contributed by atoms with van der Waals surface area (Å²) in [5.41, 5.74) is 2.99. The van der Waals surface area contributed by atoms with E-state index in [1.165, 1.54) is 4.88 Å². The fraction of sp³-hybridized carbons (Fsp3) is 0.357. The fourth-order valence-electron chi connectivity index (χ4n) is 4.28. The molecular weight excluding hydrogens is 458 g/mol. The summed E-state index contributed by atoms with van der Waals surface area (Å²) in [5.74, 6) is 0.712. The zero-order valence-electron chi connectivity index (χ0n) is 20.6. The Morgan fingerprint density at radius 1 is 1.14 bits per heavy atom. The Morgan fingerprint density at radius 2 is 1.89 bits per heavy atom. The molecule has 7 heteroatoms. The number of benzene rings is 2. The number of nitrogens with zero attached hydrogens (tertiary/aromatic N) is 2. The average molecular weight is 492 g/mol. The molecule has 6 nitrogen and oxygen atoms in total. The minimum atomic E-state index is -0.262. The van der Waals surface area contributed by atoms with Gasteiger partial charge in [-0.1, -0.05) is 42.8 Å². The van der Waals surface area contributed by atoms with Crippen molar-refractivity contribution in [3.05, 3.63) is 82.0 Å². The molecule has 2 atom stereocenters. The molecule has 3 amide bonds. The van der Waals surface area contributed by atoms with Crippen LogP contribution in [0.3, 0.4) is 0 Å². The molecule has 0 radical (unpaired) electrons. The van der Waals surface area contributed by atoms with E-state index in [9.17, 15) is 9.59 Å². The smallest absolute Gasteiger partial charge is 0.322 e. The highest BCUT2D eigenvalue weighted by atomic mass is 32.1. The monoisotopic (exact) mass is 491 g/mol. The summed E-state index contributed by atoms with van der Waals surface area (Å²) in [7, 11) is 0. The lowest BCUT2D eigenvalue weighted by molar-refractivity contribution is -0.135. The Labute approximate surface area is 211 Å². The van der Waals surface area contributed by atoms with E-state index in [2.05, 4.69) is 16.8 Å². The number of urea groups is 1. The van der Waals surface area contributed by atoms with Gasteiger partial charge in [0.15, 0.2) is 0 Å². The molecule has 0 aliphatic carbocycles. The standard InChI is InChI=1S/C28H33N3O3S/c1-4-21(3)31(28(33)29-22-12-10-20(2)11-13-22)18-27(32)30-16-14-26-24(15-17-35-26)25(30)19-34-23-8-6-5-7-9-23/h5-13,15,17,21,25H,4,14,16,18-19H2,1-3H3,(H,29,33)/t21-,25-/m0/s1. The maximum Gasteiger partial charge on any atom is 0.322 e. The molecule has 0 unspecified atom stereocenters. The van der Waals surface area contributed by atoms with Crippen LogP contribution in [0.15, 0.2) is 66.0 Å². The van der Waals surface area contributed by atoms with Crippen LogP contribution >= 0.6 is 11.3 Å². The van der Waals surface area contributed by atoms with Gasteiger partial charge in [0.2, 0.25) is 5.91 Å². The molecule has 0 fully saturated rings. The molecule has 3 aromatic rings. The molecule has 1 aromatic heterocycles. The molecule has 0 saturated heterocycles. The quantitative estimate of drug-likeness (QED) is 0.427. The number of thiophene rings is 1. The number of rotatable bonds is 8. The van der Waals surface area contributed by atoms with E-state index >= 15 is 0 Å². The van der Waals surface area contributed by atoms with E-state index in [1.54, 1.807) is 16.2 Å². The summed E-state index contributed by atoms with van der Waals surface area (Å²) >= 11 is 1.73. The van der Waals surface area contributed by atoms with Gasteiger partial charge < -0.3 is 19.9 Å². The third-order valence-electron chi connectivity index (χ3n) is 6.56. The second kappa shape index (κ2) is 11.4. The summed E-state index contributed by atoms with van der Waals surface area (Å²) in [5, 5.41) is 5.03. The second-order valence-corrected chi connectivity index (χ2v) is 9.96. The number of nitrogens with one attached hydrogen (secondary N) is 1. The number of para-hydroxylation sites is 1. The van der Waals surface area contributed by atoms with Gasteiger partial charge in [0.05, 0.1) is 6.04 Å². The van der Waals surface area contributed by atoms with Crippen molar-refractivity contribution in [2.24, 2.45) is 0 Å². The van der Waals surface area contributed by atoms with Crippen LogP contribution in [-0.2, 0) is 11.2 Å². The van der Waals surface area contributed by atoms with E-state index in [-0.39, 0.29) is 30.6 Å². The number of hydrogen-bond acceptors (Lipinski definition) is 4. The number of carbonyl (C=O) groups excluding carboxylic acids is 2. The Hall–Kier alpha value is -3.32. The van der Waals surface area contributed by atoms with Gasteiger partial charge in [0, 0.05) is 23.2 Å². The third-order valence-corrected chi connectivity index (χ3v) is 7.55. The Bertz CT molecular complexity index is 1130. The van der Waals surface area contributed by atoms with Gasteiger partial charge in [0.1, 0.15) is 18.9 Å². The van der Waals surface area contributed by atoms with Crippen molar-refractivity contribution in [2.45, 2.75) is 45.7 Å². The van der Waals surface area contributed by atoms with E-state index in [4.69, 9.17) is 4.74 Å². The van der Waals surface area contributed by atoms with Gasteiger partial charge >= 0.3 is 6.03 Å². The molecule has 1 aliphatic rings. The molecule has 0 spiro atoms. The fourth-order valence-corrected chi connectivity index (χ4v) is 5.21. The van der Waals surface area contributed by atoms with Crippen LogP contribution in [0.4, 0.5) is 10.5 Å². The first-order valence-electron chi connectivity index (χ1n) is 12.1. The highest BCUT2D eigenvalue weighted by Gasteiger charge is 2.34. The van der Waals surface area contributed by atoms with Crippen molar-refractivity contribution in [1.29, 1.82) is 0 Å². The van der Waals surface area contributed by atoms with Gasteiger partial charge in [-0.15, -0.1) is 11.3 Å². The Morgan fingerprint density at radius 3 is 2.60 bits per heavy atom. The predicted molar refractivity (Wildman–Crippen MR) is 141 cm³/mol. The van der Waals surface area contributed by atoms with Gasteiger partial charge in [-0.2, -0.15) is 0 Å². The number of fused-ring (bicyclic) bond motifs is 1. The third kappa shape index (κ3) is 6.03. The van der Waals surface area contributed by atoms with Crippen LogP contribution in [-0.4, -0.2) is 47.5 Å². The lowest BCUT2D eigenvalue weighted by Crippen LogP contribution is -2.50. The first-order chi connectivity index (χ1) is 17.0. The van der Waals surface area contributed by atoms with Crippen molar-refractivity contribution in [2.75, 3.05) is 25.0 Å². The van der Waals surface area contributed by atoms with E-state index in [1.807, 2.05) is 80.3 Å². The number of ether oxygens (including phenoxy) is 1. The molecule has 2 heterocycles. The minimum Gasteiger partial charge on any atom is -0.491 e. The van der Waals surface area contributed by atoms with Crippen LogP contribution in [0.25, 0.3) is 0 Å². The molecule has 1 N–H and O–H groups in total. The van der Waals surface area contributed by atoms with Gasteiger partial charge in [-0.25, -0.2) is 4.79 Å². The van der Waals surface area contributed by atoms with E-state index in [0.29, 0.717) is 13.2 Å². The summed E-state index contributed by atoms with van der Waals surface area (Å²) in [4.78, 5) is 31.6. The topological polar surface area (TPSA) is 61.9 Å². The first-order valence-corrected chi connectivity index (χ1v) is 13.0. The van der Waals surface area contributed by atoms with Crippen LogP contribution in [0.1, 0.15) is 42.3 Å². The highest BCUT2D eigenvalue weighted by Crippen LogP contribution is 2.34. The first kappa shape index (κ1) is 24.8. The number of hydrogen-bond donors (Lipinski definition) is 1. The van der Waals surface area contributed by atoms with Gasteiger partial charge in [0.25, 0.3) is 0 Å². The SMILES string of the molecule is CC[C@H](C)N(CC(=O)N1CCc2sccc2[C@@H]1COc1ccccc1)C(=O)Nc1ccc(C)cc1. The van der Waals surface area contributed by atoms with Crippen molar-refractivity contribution in [3.8, 4) is 5.75 Å².